The summed E-state index contributed by atoms with van der Waals surface area (Å²) in [5.74, 6) is 0. The van der Waals surface area contributed by atoms with E-state index in [9.17, 15) is 18.0 Å². The van der Waals surface area contributed by atoms with Crippen molar-refractivity contribution in [2.45, 2.75) is 6.18 Å². The average Bonchev–Trinajstić information content (AvgIpc) is 2.26. The second kappa shape index (κ2) is 4.00. The SMILES string of the molecule is O=C(Cl)c1ccnc2cccc(C(F)(F)F)c12. The quantitative estimate of drug-likeness (QED) is 0.732. The number of benzene rings is 1. The third kappa shape index (κ3) is 2.10. The fourth-order valence-corrected chi connectivity index (χ4v) is 1.76. The molecule has 17 heavy (non-hydrogen) atoms. The number of alkyl halides is 3. The maximum absolute atomic E-state index is 12.8. The molecular formula is C11H5ClF3NO. The van der Waals surface area contributed by atoms with E-state index < -0.39 is 17.0 Å². The third-order valence-corrected chi connectivity index (χ3v) is 2.49. The van der Waals surface area contributed by atoms with E-state index in [1.807, 2.05) is 0 Å². The standard InChI is InChI=1S/C11H5ClF3NO/c12-10(17)6-4-5-16-8-3-1-2-7(9(6)8)11(13,14)15/h1-5H. The smallest absolute Gasteiger partial charge is 0.276 e. The number of pyridine rings is 1. The highest BCUT2D eigenvalue weighted by Gasteiger charge is 2.33. The van der Waals surface area contributed by atoms with Crippen molar-refractivity contribution in [1.82, 2.24) is 4.98 Å². The van der Waals surface area contributed by atoms with E-state index in [0.29, 0.717) is 0 Å². The molecule has 0 aliphatic rings. The number of hydrogen-bond acceptors (Lipinski definition) is 2. The highest BCUT2D eigenvalue weighted by molar-refractivity contribution is 6.68. The zero-order valence-corrected chi connectivity index (χ0v) is 9.01. The van der Waals surface area contributed by atoms with Crippen LogP contribution in [0.1, 0.15) is 15.9 Å². The summed E-state index contributed by atoms with van der Waals surface area (Å²) in [6, 6.07) is 4.70. The summed E-state index contributed by atoms with van der Waals surface area (Å²) in [4.78, 5) is 14.9. The molecule has 0 atom stereocenters. The van der Waals surface area contributed by atoms with Gasteiger partial charge in [0.15, 0.2) is 0 Å². The minimum absolute atomic E-state index is 0.0892. The van der Waals surface area contributed by atoms with Crippen molar-refractivity contribution < 1.29 is 18.0 Å². The van der Waals surface area contributed by atoms with Crippen molar-refractivity contribution >= 4 is 27.7 Å². The van der Waals surface area contributed by atoms with Gasteiger partial charge in [-0.05, 0) is 29.8 Å². The topological polar surface area (TPSA) is 30.0 Å². The Kier molecular flexibility index (Phi) is 2.79. The number of carbonyl (C=O) groups is 1. The van der Waals surface area contributed by atoms with E-state index in [1.54, 1.807) is 0 Å². The van der Waals surface area contributed by atoms with Crippen LogP contribution in [-0.2, 0) is 6.18 Å². The lowest BCUT2D eigenvalue weighted by molar-refractivity contribution is -0.136. The molecular weight excluding hydrogens is 255 g/mol. The number of nitrogens with zero attached hydrogens (tertiary/aromatic N) is 1. The van der Waals surface area contributed by atoms with Crippen LogP contribution in [0.3, 0.4) is 0 Å². The summed E-state index contributed by atoms with van der Waals surface area (Å²) in [5.41, 5.74) is -1.01. The first-order valence-electron chi connectivity index (χ1n) is 4.56. The zero-order valence-electron chi connectivity index (χ0n) is 8.25. The molecule has 0 saturated heterocycles. The van der Waals surface area contributed by atoms with Crippen LogP contribution < -0.4 is 0 Å². The van der Waals surface area contributed by atoms with E-state index in [4.69, 9.17) is 11.6 Å². The van der Waals surface area contributed by atoms with Crippen molar-refractivity contribution in [3.05, 3.63) is 41.6 Å². The summed E-state index contributed by atoms with van der Waals surface area (Å²) < 4.78 is 38.3. The van der Waals surface area contributed by atoms with E-state index in [2.05, 4.69) is 4.98 Å². The van der Waals surface area contributed by atoms with Crippen LogP contribution in [-0.4, -0.2) is 10.2 Å². The lowest BCUT2D eigenvalue weighted by Gasteiger charge is -2.11. The Balaban J connectivity index is 2.90. The van der Waals surface area contributed by atoms with Gasteiger partial charge in [-0.15, -0.1) is 0 Å². The Morgan fingerprint density at radius 2 is 1.94 bits per heavy atom. The Morgan fingerprint density at radius 1 is 1.24 bits per heavy atom. The van der Waals surface area contributed by atoms with Gasteiger partial charge in [0.25, 0.3) is 5.24 Å². The molecule has 1 heterocycles. The van der Waals surface area contributed by atoms with Gasteiger partial charge in [0.1, 0.15) is 0 Å². The molecule has 2 rings (SSSR count). The minimum Gasteiger partial charge on any atom is -0.276 e. The molecule has 0 amide bonds. The number of carbonyl (C=O) groups excluding carboxylic acids is 1. The molecule has 0 unspecified atom stereocenters. The maximum Gasteiger partial charge on any atom is 0.417 e. The lowest BCUT2D eigenvalue weighted by Crippen LogP contribution is -2.08. The molecule has 0 radical (unpaired) electrons. The molecule has 0 spiro atoms. The summed E-state index contributed by atoms with van der Waals surface area (Å²) in [7, 11) is 0. The first-order chi connectivity index (χ1) is 7.91. The third-order valence-electron chi connectivity index (χ3n) is 2.28. The van der Waals surface area contributed by atoms with Crippen LogP contribution in [0.15, 0.2) is 30.5 Å². The van der Waals surface area contributed by atoms with Crippen LogP contribution in [0.4, 0.5) is 13.2 Å². The van der Waals surface area contributed by atoms with E-state index in [1.165, 1.54) is 24.4 Å². The van der Waals surface area contributed by atoms with Crippen LogP contribution in [0, 0.1) is 0 Å². The van der Waals surface area contributed by atoms with Gasteiger partial charge in [-0.2, -0.15) is 13.2 Å². The van der Waals surface area contributed by atoms with Crippen molar-refractivity contribution in [1.29, 1.82) is 0 Å². The highest BCUT2D eigenvalue weighted by atomic mass is 35.5. The molecule has 6 heteroatoms. The minimum atomic E-state index is -4.55. The second-order valence-electron chi connectivity index (χ2n) is 3.33. The van der Waals surface area contributed by atoms with Gasteiger partial charge < -0.3 is 0 Å². The number of halogens is 4. The Hall–Kier alpha value is -1.62. The van der Waals surface area contributed by atoms with Gasteiger partial charge >= 0.3 is 6.18 Å². The highest BCUT2D eigenvalue weighted by Crippen LogP contribution is 2.35. The largest absolute Gasteiger partial charge is 0.417 e. The molecule has 0 saturated carbocycles. The first-order valence-corrected chi connectivity index (χ1v) is 4.94. The molecule has 1 aromatic carbocycles. The lowest BCUT2D eigenvalue weighted by atomic mass is 10.0. The number of aromatic nitrogens is 1. The molecule has 88 valence electrons. The fourth-order valence-electron chi connectivity index (χ4n) is 1.61. The van der Waals surface area contributed by atoms with Gasteiger partial charge in [-0.3, -0.25) is 9.78 Å². The molecule has 0 bridgehead atoms. The molecule has 2 aromatic rings. The van der Waals surface area contributed by atoms with Crippen LogP contribution in [0.25, 0.3) is 10.9 Å². The van der Waals surface area contributed by atoms with E-state index >= 15 is 0 Å². The Bertz CT molecular complexity index is 590. The van der Waals surface area contributed by atoms with Gasteiger partial charge in [-0.25, -0.2) is 0 Å². The molecule has 1 aromatic heterocycles. The van der Waals surface area contributed by atoms with E-state index in [-0.39, 0.29) is 16.5 Å². The van der Waals surface area contributed by atoms with Crippen LogP contribution >= 0.6 is 11.6 Å². The zero-order chi connectivity index (χ0) is 12.6. The molecule has 0 N–H and O–H groups in total. The Labute approximate surface area is 99.0 Å². The molecule has 0 aliphatic carbocycles. The molecule has 0 fully saturated rings. The number of rotatable bonds is 1. The van der Waals surface area contributed by atoms with Crippen LogP contribution in [0.5, 0.6) is 0 Å². The summed E-state index contributed by atoms with van der Waals surface area (Å²) in [6.45, 7) is 0. The molecule has 2 nitrogen and oxygen atoms in total. The van der Waals surface area contributed by atoms with Crippen molar-refractivity contribution in [3.63, 3.8) is 0 Å². The summed E-state index contributed by atoms with van der Waals surface area (Å²) in [5, 5.41) is -1.20. The van der Waals surface area contributed by atoms with Crippen molar-refractivity contribution in [2.24, 2.45) is 0 Å². The molecule has 0 aliphatic heterocycles. The second-order valence-corrected chi connectivity index (χ2v) is 3.67. The van der Waals surface area contributed by atoms with Crippen LogP contribution in [0.2, 0.25) is 0 Å². The van der Waals surface area contributed by atoms with Gasteiger partial charge in [-0.1, -0.05) is 6.07 Å². The van der Waals surface area contributed by atoms with Gasteiger partial charge in [0, 0.05) is 17.1 Å². The number of fused-ring (bicyclic) bond motifs is 1. The fraction of sp³-hybridized carbons (Fsp3) is 0.0909. The van der Waals surface area contributed by atoms with Crippen molar-refractivity contribution in [3.8, 4) is 0 Å². The predicted octanol–water partition coefficient (Wildman–Crippen LogP) is 3.63. The normalized spacial score (nSPS) is 11.8. The monoisotopic (exact) mass is 259 g/mol. The summed E-state index contributed by atoms with van der Waals surface area (Å²) >= 11 is 5.27. The van der Waals surface area contributed by atoms with Gasteiger partial charge in [0.05, 0.1) is 11.1 Å². The Morgan fingerprint density at radius 3 is 2.53 bits per heavy atom. The predicted molar refractivity (Wildman–Crippen MR) is 56.9 cm³/mol. The van der Waals surface area contributed by atoms with E-state index in [0.717, 1.165) is 6.07 Å². The van der Waals surface area contributed by atoms with Gasteiger partial charge in [0.2, 0.25) is 0 Å². The van der Waals surface area contributed by atoms with Crippen molar-refractivity contribution in [2.75, 3.05) is 0 Å². The number of hydrogen-bond donors (Lipinski definition) is 0. The average molecular weight is 260 g/mol. The first kappa shape index (κ1) is 11.9. The maximum atomic E-state index is 12.8. The summed E-state index contributed by atoms with van der Waals surface area (Å²) in [6.07, 6.45) is -3.30.